The first kappa shape index (κ1) is 19.9. The van der Waals surface area contributed by atoms with E-state index in [-0.39, 0.29) is 17.9 Å². The van der Waals surface area contributed by atoms with Crippen molar-refractivity contribution < 1.29 is 9.59 Å². The molecule has 0 aliphatic carbocycles. The molecule has 1 aromatic carbocycles. The monoisotopic (exact) mass is 370 g/mol. The van der Waals surface area contributed by atoms with Crippen LogP contribution in [0.5, 0.6) is 0 Å². The molecular formula is C23H34N2O2. The van der Waals surface area contributed by atoms with Crippen LogP contribution in [-0.2, 0) is 16.0 Å². The lowest BCUT2D eigenvalue weighted by atomic mass is 9.90. The van der Waals surface area contributed by atoms with Crippen molar-refractivity contribution in [1.82, 2.24) is 9.80 Å². The van der Waals surface area contributed by atoms with Gasteiger partial charge in [0.2, 0.25) is 11.8 Å². The molecule has 3 rings (SSSR count). The zero-order valence-corrected chi connectivity index (χ0v) is 17.1. The molecular weight excluding hydrogens is 336 g/mol. The summed E-state index contributed by atoms with van der Waals surface area (Å²) in [6.07, 6.45) is 6.23. The summed E-state index contributed by atoms with van der Waals surface area (Å²) in [4.78, 5) is 29.6. The van der Waals surface area contributed by atoms with Gasteiger partial charge in [-0.3, -0.25) is 9.59 Å². The molecule has 2 fully saturated rings. The topological polar surface area (TPSA) is 40.6 Å². The van der Waals surface area contributed by atoms with Crippen LogP contribution in [-0.4, -0.2) is 47.3 Å². The lowest BCUT2D eigenvalue weighted by Crippen LogP contribution is -2.52. The van der Waals surface area contributed by atoms with Gasteiger partial charge < -0.3 is 9.80 Å². The molecule has 2 heterocycles. The average molecular weight is 371 g/mol. The third-order valence-corrected chi connectivity index (χ3v) is 6.05. The van der Waals surface area contributed by atoms with E-state index in [1.54, 1.807) is 0 Å². The number of rotatable bonds is 4. The van der Waals surface area contributed by atoms with Gasteiger partial charge in [-0.1, -0.05) is 51.1 Å². The maximum absolute atomic E-state index is 13.1. The highest BCUT2D eigenvalue weighted by atomic mass is 16.2. The fourth-order valence-electron chi connectivity index (χ4n) is 4.37. The van der Waals surface area contributed by atoms with Gasteiger partial charge in [0.15, 0.2) is 0 Å². The standard InChI is InChI=1S/C23H34N2O2/c1-23(2,3)22(27)25-15-7-10-20(25)21(26)24-16-13-19(14-17-24)12-11-18-8-5-4-6-9-18/h4-6,8-9,19-20H,7,10-17H2,1-3H3. The zero-order chi connectivity index (χ0) is 19.4. The highest BCUT2D eigenvalue weighted by Crippen LogP contribution is 2.28. The molecule has 2 amide bonds. The quantitative estimate of drug-likeness (QED) is 0.807. The Morgan fingerprint density at radius 2 is 1.67 bits per heavy atom. The molecule has 27 heavy (non-hydrogen) atoms. The predicted molar refractivity (Wildman–Crippen MR) is 108 cm³/mol. The minimum absolute atomic E-state index is 0.107. The second-order valence-electron chi connectivity index (χ2n) is 9.20. The van der Waals surface area contributed by atoms with Crippen molar-refractivity contribution >= 4 is 11.8 Å². The molecule has 148 valence electrons. The van der Waals surface area contributed by atoms with Crippen LogP contribution < -0.4 is 0 Å². The fraction of sp³-hybridized carbons (Fsp3) is 0.652. The molecule has 0 saturated carbocycles. The van der Waals surface area contributed by atoms with Crippen molar-refractivity contribution in [2.24, 2.45) is 11.3 Å². The molecule has 2 aliphatic heterocycles. The van der Waals surface area contributed by atoms with E-state index in [0.29, 0.717) is 5.92 Å². The number of carbonyl (C=O) groups is 2. The highest BCUT2D eigenvalue weighted by Gasteiger charge is 2.40. The summed E-state index contributed by atoms with van der Waals surface area (Å²) in [5.41, 5.74) is 0.978. The van der Waals surface area contributed by atoms with Crippen LogP contribution in [0, 0.1) is 11.3 Å². The molecule has 4 heteroatoms. The first-order valence-corrected chi connectivity index (χ1v) is 10.5. The number of hydrogen-bond acceptors (Lipinski definition) is 2. The number of likely N-dealkylation sites (tertiary alicyclic amines) is 2. The fourth-order valence-corrected chi connectivity index (χ4v) is 4.37. The summed E-state index contributed by atoms with van der Waals surface area (Å²) >= 11 is 0. The Kier molecular flexibility index (Phi) is 6.23. The third kappa shape index (κ3) is 4.91. The smallest absolute Gasteiger partial charge is 0.245 e. The minimum Gasteiger partial charge on any atom is -0.341 e. The number of nitrogens with zero attached hydrogens (tertiary/aromatic N) is 2. The van der Waals surface area contributed by atoms with E-state index in [1.165, 1.54) is 12.0 Å². The van der Waals surface area contributed by atoms with Gasteiger partial charge in [-0.2, -0.15) is 0 Å². The summed E-state index contributed by atoms with van der Waals surface area (Å²) in [5.74, 6) is 0.979. The molecule has 1 unspecified atom stereocenters. The summed E-state index contributed by atoms with van der Waals surface area (Å²) in [7, 11) is 0. The zero-order valence-electron chi connectivity index (χ0n) is 17.1. The first-order valence-electron chi connectivity index (χ1n) is 10.5. The third-order valence-electron chi connectivity index (χ3n) is 6.05. The van der Waals surface area contributed by atoms with Crippen LogP contribution in [0.15, 0.2) is 30.3 Å². The van der Waals surface area contributed by atoms with E-state index in [9.17, 15) is 9.59 Å². The predicted octanol–water partition coefficient (Wildman–Crippen LogP) is 3.89. The van der Waals surface area contributed by atoms with Gasteiger partial charge in [0.1, 0.15) is 6.04 Å². The minimum atomic E-state index is -0.423. The molecule has 0 aromatic heterocycles. The number of amides is 2. The maximum Gasteiger partial charge on any atom is 0.245 e. The Balaban J connectivity index is 1.50. The van der Waals surface area contributed by atoms with E-state index in [1.807, 2.05) is 30.6 Å². The van der Waals surface area contributed by atoms with Crippen LogP contribution in [0.2, 0.25) is 0 Å². The van der Waals surface area contributed by atoms with Crippen LogP contribution >= 0.6 is 0 Å². The Labute approximate surface area is 163 Å². The van der Waals surface area contributed by atoms with Crippen LogP contribution in [0.25, 0.3) is 0 Å². The van der Waals surface area contributed by atoms with Crippen LogP contribution in [0.3, 0.4) is 0 Å². The molecule has 0 radical (unpaired) electrons. The number of benzene rings is 1. The summed E-state index contributed by atoms with van der Waals surface area (Å²) < 4.78 is 0. The van der Waals surface area contributed by atoms with Gasteiger partial charge in [-0.05, 0) is 50.0 Å². The van der Waals surface area contributed by atoms with Crippen molar-refractivity contribution in [3.8, 4) is 0 Å². The van der Waals surface area contributed by atoms with Gasteiger partial charge in [-0.25, -0.2) is 0 Å². The second-order valence-corrected chi connectivity index (χ2v) is 9.20. The Bertz CT molecular complexity index is 642. The summed E-state index contributed by atoms with van der Waals surface area (Å²) in [6.45, 7) is 8.22. The highest BCUT2D eigenvalue weighted by molar-refractivity contribution is 5.90. The van der Waals surface area contributed by atoms with Crippen molar-refractivity contribution in [3.63, 3.8) is 0 Å². The Morgan fingerprint density at radius 1 is 1.00 bits per heavy atom. The van der Waals surface area contributed by atoms with Crippen molar-refractivity contribution in [2.75, 3.05) is 19.6 Å². The average Bonchev–Trinajstić information content (AvgIpc) is 3.15. The van der Waals surface area contributed by atoms with Crippen molar-refractivity contribution in [3.05, 3.63) is 35.9 Å². The van der Waals surface area contributed by atoms with E-state index in [2.05, 4.69) is 30.3 Å². The molecule has 1 atom stereocenters. The summed E-state index contributed by atoms with van der Waals surface area (Å²) in [6, 6.07) is 10.4. The molecule has 0 spiro atoms. The lowest BCUT2D eigenvalue weighted by molar-refractivity contribution is -0.149. The largest absolute Gasteiger partial charge is 0.341 e. The number of carbonyl (C=O) groups excluding carboxylic acids is 2. The Hall–Kier alpha value is -1.84. The SMILES string of the molecule is CC(C)(C)C(=O)N1CCCC1C(=O)N1CCC(CCc2ccccc2)CC1. The molecule has 2 aliphatic rings. The molecule has 4 nitrogen and oxygen atoms in total. The van der Waals surface area contributed by atoms with E-state index in [0.717, 1.165) is 51.7 Å². The number of hydrogen-bond donors (Lipinski definition) is 0. The molecule has 0 N–H and O–H groups in total. The molecule has 1 aromatic rings. The van der Waals surface area contributed by atoms with E-state index < -0.39 is 5.41 Å². The van der Waals surface area contributed by atoms with Gasteiger partial charge >= 0.3 is 0 Å². The van der Waals surface area contributed by atoms with E-state index in [4.69, 9.17) is 0 Å². The second kappa shape index (κ2) is 8.45. The van der Waals surface area contributed by atoms with Gasteiger partial charge in [0.25, 0.3) is 0 Å². The van der Waals surface area contributed by atoms with Crippen molar-refractivity contribution in [2.45, 2.75) is 65.3 Å². The summed E-state index contributed by atoms with van der Waals surface area (Å²) in [5, 5.41) is 0. The molecule has 0 bridgehead atoms. The van der Waals surface area contributed by atoms with Gasteiger partial charge in [0.05, 0.1) is 0 Å². The van der Waals surface area contributed by atoms with Crippen molar-refractivity contribution in [1.29, 1.82) is 0 Å². The van der Waals surface area contributed by atoms with Crippen LogP contribution in [0.4, 0.5) is 0 Å². The first-order chi connectivity index (χ1) is 12.9. The van der Waals surface area contributed by atoms with Gasteiger partial charge in [0, 0.05) is 25.0 Å². The van der Waals surface area contributed by atoms with Crippen LogP contribution in [0.1, 0.15) is 58.4 Å². The Morgan fingerprint density at radius 3 is 2.30 bits per heavy atom. The molecule has 2 saturated heterocycles. The lowest BCUT2D eigenvalue weighted by Gasteiger charge is -2.37. The number of aryl methyl sites for hydroxylation is 1. The number of piperidine rings is 1. The van der Waals surface area contributed by atoms with E-state index >= 15 is 0 Å². The maximum atomic E-state index is 13.1. The normalized spacial score (nSPS) is 21.5. The van der Waals surface area contributed by atoms with Gasteiger partial charge in [-0.15, -0.1) is 0 Å².